The summed E-state index contributed by atoms with van der Waals surface area (Å²) in [6, 6.07) is 6.11. The molecule has 2 heterocycles. The Hall–Kier alpha value is -1.28. The number of rotatable bonds is 5. The molecular weight excluding hydrogens is 405 g/mol. The van der Waals surface area contributed by atoms with Gasteiger partial charge in [0.05, 0.1) is 11.7 Å². The molecule has 0 radical (unpaired) electrons. The molecule has 2 atom stereocenters. The molecule has 0 amide bonds. The van der Waals surface area contributed by atoms with Crippen molar-refractivity contribution in [3.63, 3.8) is 0 Å². The van der Waals surface area contributed by atoms with Crippen LogP contribution in [0.2, 0.25) is 0 Å². The number of benzene rings is 1. The minimum Gasteiger partial charge on any atom is -0.297 e. The van der Waals surface area contributed by atoms with E-state index < -0.39 is 6.04 Å². The van der Waals surface area contributed by atoms with Gasteiger partial charge < -0.3 is 0 Å². The van der Waals surface area contributed by atoms with Crippen LogP contribution in [0.5, 0.6) is 0 Å². The standard InChI is InChI=1S/C19H20FN3OS2.ClH/c20-16-4-2-1-3-15(16)18(19(24)12-5-6-12)23-8-7-17(25)13(10-23)9-14-11-26-22-21-14;/h1-4,9,11-12,17-18,25H,5-8,10H2;1H/b13-9-;. The summed E-state index contributed by atoms with van der Waals surface area (Å²) in [5, 5.41) is 6.07. The molecule has 0 bridgehead atoms. The number of piperidine rings is 1. The third kappa shape index (κ3) is 4.59. The van der Waals surface area contributed by atoms with E-state index in [1.54, 1.807) is 18.2 Å². The second-order valence-electron chi connectivity index (χ2n) is 6.92. The molecular formula is C19H21ClFN3OS2. The van der Waals surface area contributed by atoms with Gasteiger partial charge in [-0.05, 0) is 48.5 Å². The number of hydrogen-bond acceptors (Lipinski definition) is 6. The Balaban J connectivity index is 0.00000210. The maximum atomic E-state index is 14.5. The molecule has 0 N–H and O–H groups in total. The lowest BCUT2D eigenvalue weighted by molar-refractivity contribution is -0.126. The number of nitrogens with zero attached hydrogens (tertiary/aromatic N) is 3. The number of carbonyl (C=O) groups is 1. The van der Waals surface area contributed by atoms with Crippen molar-refractivity contribution in [2.45, 2.75) is 30.6 Å². The Morgan fingerprint density at radius 3 is 2.78 bits per heavy atom. The molecule has 0 spiro atoms. The van der Waals surface area contributed by atoms with Crippen molar-refractivity contribution in [2.24, 2.45) is 5.92 Å². The molecule has 1 aliphatic heterocycles. The summed E-state index contributed by atoms with van der Waals surface area (Å²) < 4.78 is 18.4. The summed E-state index contributed by atoms with van der Waals surface area (Å²) in [4.78, 5) is 15.1. The van der Waals surface area contributed by atoms with Gasteiger partial charge in [0, 0.05) is 35.2 Å². The molecule has 8 heteroatoms. The topological polar surface area (TPSA) is 46.1 Å². The second kappa shape index (κ2) is 8.82. The van der Waals surface area contributed by atoms with Crippen molar-refractivity contribution in [2.75, 3.05) is 13.1 Å². The van der Waals surface area contributed by atoms with E-state index in [0.29, 0.717) is 12.1 Å². The highest BCUT2D eigenvalue weighted by Gasteiger charge is 2.40. The van der Waals surface area contributed by atoms with Gasteiger partial charge in [0.25, 0.3) is 0 Å². The van der Waals surface area contributed by atoms with Gasteiger partial charge in [0.15, 0.2) is 5.78 Å². The van der Waals surface area contributed by atoms with Crippen molar-refractivity contribution in [3.05, 3.63) is 52.3 Å². The van der Waals surface area contributed by atoms with Crippen molar-refractivity contribution < 1.29 is 9.18 Å². The largest absolute Gasteiger partial charge is 0.297 e. The molecule has 4 nitrogen and oxygen atoms in total. The first-order valence-electron chi connectivity index (χ1n) is 8.81. The van der Waals surface area contributed by atoms with Crippen molar-refractivity contribution in [1.82, 2.24) is 14.5 Å². The molecule has 1 aromatic carbocycles. The predicted octanol–water partition coefficient (Wildman–Crippen LogP) is 4.21. The van der Waals surface area contributed by atoms with E-state index in [4.69, 9.17) is 12.6 Å². The van der Waals surface area contributed by atoms with Crippen molar-refractivity contribution >= 4 is 48.4 Å². The summed E-state index contributed by atoms with van der Waals surface area (Å²) in [5.41, 5.74) is 2.38. The molecule has 2 aliphatic rings. The lowest BCUT2D eigenvalue weighted by atomic mass is 9.93. The van der Waals surface area contributed by atoms with Crippen molar-refractivity contribution in [1.29, 1.82) is 0 Å². The molecule has 2 unspecified atom stereocenters. The Labute approximate surface area is 173 Å². The van der Waals surface area contributed by atoms with E-state index >= 15 is 0 Å². The lowest BCUT2D eigenvalue weighted by Gasteiger charge is -2.37. The van der Waals surface area contributed by atoms with Crippen LogP contribution in [0.1, 0.15) is 36.6 Å². The van der Waals surface area contributed by atoms with E-state index in [1.807, 2.05) is 11.5 Å². The van der Waals surface area contributed by atoms with Crippen LogP contribution >= 0.6 is 36.6 Å². The summed E-state index contributed by atoms with van der Waals surface area (Å²) in [6.07, 6.45) is 4.64. The SMILES string of the molecule is Cl.O=C(C1CC1)C(c1ccccc1F)N1CCC(S)/C(=C\c2csnn2)C1. The van der Waals surface area contributed by atoms with Crippen LogP contribution in [0.3, 0.4) is 0 Å². The monoisotopic (exact) mass is 425 g/mol. The van der Waals surface area contributed by atoms with Gasteiger partial charge in [-0.15, -0.1) is 17.5 Å². The zero-order valence-corrected chi connectivity index (χ0v) is 17.2. The number of thiol groups is 1. The quantitative estimate of drug-likeness (QED) is 0.729. The minimum absolute atomic E-state index is 0. The number of halogens is 2. The number of ketones is 1. The fraction of sp³-hybridized carbons (Fsp3) is 0.421. The fourth-order valence-corrected chi connectivity index (χ4v) is 4.18. The van der Waals surface area contributed by atoms with Crippen LogP contribution in [-0.2, 0) is 4.79 Å². The van der Waals surface area contributed by atoms with Crippen molar-refractivity contribution in [3.8, 4) is 0 Å². The van der Waals surface area contributed by atoms with E-state index in [0.717, 1.165) is 37.1 Å². The fourth-order valence-electron chi connectivity index (χ4n) is 3.50. The average Bonchev–Trinajstić information content (AvgIpc) is 3.37. The van der Waals surface area contributed by atoms with E-state index in [-0.39, 0.29) is 35.2 Å². The smallest absolute Gasteiger partial charge is 0.157 e. The third-order valence-corrected chi connectivity index (χ3v) is 6.14. The van der Waals surface area contributed by atoms with Crippen LogP contribution in [0, 0.1) is 11.7 Å². The van der Waals surface area contributed by atoms with Gasteiger partial charge in [0.1, 0.15) is 5.82 Å². The van der Waals surface area contributed by atoms with Crippen LogP contribution in [0.4, 0.5) is 4.39 Å². The number of likely N-dealkylation sites (tertiary alicyclic amines) is 1. The Morgan fingerprint density at radius 2 is 2.11 bits per heavy atom. The number of hydrogen-bond donors (Lipinski definition) is 1. The number of carbonyl (C=O) groups excluding carboxylic acids is 1. The molecule has 4 rings (SSSR count). The van der Waals surface area contributed by atoms with Crippen LogP contribution in [0.15, 0.2) is 35.2 Å². The normalized spacial score (nSPS) is 23.0. The van der Waals surface area contributed by atoms with Gasteiger partial charge in [-0.2, -0.15) is 12.6 Å². The first-order valence-corrected chi connectivity index (χ1v) is 10.2. The number of Topliss-reactive ketones (excluding diaryl/α,β-unsaturated/α-hetero) is 1. The third-order valence-electron chi connectivity index (χ3n) is 5.03. The highest BCUT2D eigenvalue weighted by Crippen LogP contribution is 2.39. The second-order valence-corrected chi connectivity index (χ2v) is 8.16. The highest BCUT2D eigenvalue weighted by molar-refractivity contribution is 7.81. The first kappa shape index (κ1) is 20.5. The molecule has 2 aromatic rings. The van der Waals surface area contributed by atoms with E-state index in [1.165, 1.54) is 17.6 Å². The highest BCUT2D eigenvalue weighted by atomic mass is 35.5. The lowest BCUT2D eigenvalue weighted by Crippen LogP contribution is -2.42. The predicted molar refractivity (Wildman–Crippen MR) is 111 cm³/mol. The molecule has 1 saturated carbocycles. The van der Waals surface area contributed by atoms with Crippen LogP contribution in [-0.4, -0.2) is 38.6 Å². The van der Waals surface area contributed by atoms with Gasteiger partial charge >= 0.3 is 0 Å². The van der Waals surface area contributed by atoms with Gasteiger partial charge in [-0.1, -0.05) is 22.7 Å². The van der Waals surface area contributed by atoms with Gasteiger partial charge in [-0.25, -0.2) is 4.39 Å². The molecule has 1 saturated heterocycles. The maximum Gasteiger partial charge on any atom is 0.157 e. The Morgan fingerprint density at radius 1 is 1.33 bits per heavy atom. The Kier molecular flexibility index (Phi) is 6.68. The first-order chi connectivity index (χ1) is 12.6. The van der Waals surface area contributed by atoms with E-state index in [2.05, 4.69) is 14.5 Å². The molecule has 27 heavy (non-hydrogen) atoms. The molecule has 1 aliphatic carbocycles. The maximum absolute atomic E-state index is 14.5. The Bertz CT molecular complexity index is 826. The van der Waals surface area contributed by atoms with Crippen LogP contribution < -0.4 is 0 Å². The summed E-state index contributed by atoms with van der Waals surface area (Å²) in [7, 11) is 0. The number of aromatic nitrogens is 2. The zero-order valence-electron chi connectivity index (χ0n) is 14.6. The molecule has 144 valence electrons. The minimum atomic E-state index is -0.526. The van der Waals surface area contributed by atoms with Gasteiger partial charge in [0.2, 0.25) is 0 Å². The summed E-state index contributed by atoms with van der Waals surface area (Å²) in [6.45, 7) is 1.31. The molecule has 2 fully saturated rings. The van der Waals surface area contributed by atoms with Gasteiger partial charge in [-0.3, -0.25) is 9.69 Å². The van der Waals surface area contributed by atoms with E-state index in [9.17, 15) is 9.18 Å². The summed E-state index contributed by atoms with van der Waals surface area (Å²) in [5.74, 6) is -0.0976. The average molecular weight is 426 g/mol. The summed E-state index contributed by atoms with van der Waals surface area (Å²) >= 11 is 5.99. The van der Waals surface area contributed by atoms with Crippen LogP contribution in [0.25, 0.3) is 6.08 Å². The molecule has 1 aromatic heterocycles. The zero-order chi connectivity index (χ0) is 18.1.